The van der Waals surface area contributed by atoms with Crippen molar-refractivity contribution >= 4 is 27.7 Å². The topological polar surface area (TPSA) is 78.0 Å². The van der Waals surface area contributed by atoms with Crippen molar-refractivity contribution in [2.24, 2.45) is 0 Å². The second-order valence-electron chi connectivity index (χ2n) is 7.81. The molecule has 3 aromatic carbocycles. The van der Waals surface area contributed by atoms with E-state index in [1.54, 1.807) is 20.1 Å². The van der Waals surface area contributed by atoms with Gasteiger partial charge in [0.2, 0.25) is 0 Å². The van der Waals surface area contributed by atoms with E-state index in [-0.39, 0.29) is 0 Å². The zero-order valence-corrected chi connectivity index (χ0v) is 18.4. The SMILES string of the molecule is CS(=O)Nc1ccc(C#Cc2nc3ccc(-c4ccccc4C(C)(C)O)cc3[nH]2)cc1. The number of nitrogens with zero attached hydrogens (tertiary/aromatic N) is 1. The summed E-state index contributed by atoms with van der Waals surface area (Å²) in [4.78, 5) is 7.83. The molecule has 4 rings (SSSR count). The standard InChI is InChI=1S/C25H23N3O2S/c1-25(2,29)21-7-5-4-6-20(21)18-11-14-22-23(16-18)27-24(26-22)15-10-17-8-12-19(13-9-17)28-31(3)30/h4-9,11-14,16,28-29H,1-3H3,(H,26,27). The molecule has 31 heavy (non-hydrogen) atoms. The Balaban J connectivity index is 1.63. The van der Waals surface area contributed by atoms with Crippen LogP contribution in [0.2, 0.25) is 0 Å². The van der Waals surface area contributed by atoms with Crippen LogP contribution >= 0.6 is 0 Å². The molecule has 0 radical (unpaired) electrons. The predicted octanol–water partition coefficient (Wildman–Crippen LogP) is 4.56. The van der Waals surface area contributed by atoms with E-state index in [1.165, 1.54) is 0 Å². The average Bonchev–Trinajstić information content (AvgIpc) is 3.14. The highest BCUT2D eigenvalue weighted by molar-refractivity contribution is 7.85. The molecule has 0 saturated heterocycles. The van der Waals surface area contributed by atoms with Crippen molar-refractivity contribution < 1.29 is 9.32 Å². The molecule has 1 heterocycles. The molecule has 1 aromatic heterocycles. The van der Waals surface area contributed by atoms with Gasteiger partial charge in [0, 0.05) is 17.5 Å². The van der Waals surface area contributed by atoms with Gasteiger partial charge in [0.15, 0.2) is 5.82 Å². The van der Waals surface area contributed by atoms with Gasteiger partial charge in [-0.2, -0.15) is 0 Å². The lowest BCUT2D eigenvalue weighted by Gasteiger charge is -2.21. The summed E-state index contributed by atoms with van der Waals surface area (Å²) >= 11 is 0. The second-order valence-corrected chi connectivity index (χ2v) is 8.92. The summed E-state index contributed by atoms with van der Waals surface area (Å²) in [5, 5.41) is 10.5. The number of nitrogens with one attached hydrogen (secondary N) is 2. The second kappa shape index (κ2) is 8.38. The number of imidazole rings is 1. The van der Waals surface area contributed by atoms with Crippen LogP contribution in [0.25, 0.3) is 22.2 Å². The van der Waals surface area contributed by atoms with E-state index >= 15 is 0 Å². The van der Waals surface area contributed by atoms with Crippen molar-refractivity contribution in [3.63, 3.8) is 0 Å². The summed E-state index contributed by atoms with van der Waals surface area (Å²) in [7, 11) is -1.10. The van der Waals surface area contributed by atoms with E-state index in [9.17, 15) is 9.32 Å². The van der Waals surface area contributed by atoms with Crippen LogP contribution in [0.3, 0.4) is 0 Å². The van der Waals surface area contributed by atoms with Gasteiger partial charge in [0.05, 0.1) is 16.6 Å². The van der Waals surface area contributed by atoms with Crippen LogP contribution in [0.1, 0.15) is 30.8 Å². The van der Waals surface area contributed by atoms with Crippen LogP contribution < -0.4 is 4.72 Å². The minimum Gasteiger partial charge on any atom is -0.386 e. The number of rotatable bonds is 4. The third-order valence-electron chi connectivity index (χ3n) is 4.85. The summed E-state index contributed by atoms with van der Waals surface area (Å²) < 4.78 is 14.1. The van der Waals surface area contributed by atoms with E-state index in [0.717, 1.165) is 39.0 Å². The zero-order valence-electron chi connectivity index (χ0n) is 17.6. The van der Waals surface area contributed by atoms with Crippen molar-refractivity contribution in [1.82, 2.24) is 9.97 Å². The van der Waals surface area contributed by atoms with E-state index in [4.69, 9.17) is 0 Å². The maximum Gasteiger partial charge on any atom is 0.184 e. The first-order valence-corrected chi connectivity index (χ1v) is 11.4. The van der Waals surface area contributed by atoms with Gasteiger partial charge in [-0.05, 0) is 72.9 Å². The maximum atomic E-state index is 11.2. The number of H-pyrrole nitrogens is 1. The Hall–Kier alpha value is -3.40. The highest BCUT2D eigenvalue weighted by Gasteiger charge is 2.20. The molecule has 0 aliphatic heterocycles. The Morgan fingerprint density at radius 1 is 1.03 bits per heavy atom. The molecule has 0 saturated carbocycles. The third kappa shape index (κ3) is 4.85. The molecule has 5 nitrogen and oxygen atoms in total. The Kier molecular flexibility index (Phi) is 5.64. The minimum atomic E-state index is -1.10. The largest absolute Gasteiger partial charge is 0.386 e. The normalized spacial score (nSPS) is 12.3. The summed E-state index contributed by atoms with van der Waals surface area (Å²) in [6.45, 7) is 3.58. The summed E-state index contributed by atoms with van der Waals surface area (Å²) in [5.74, 6) is 6.75. The number of hydrogen-bond donors (Lipinski definition) is 3. The number of hydrogen-bond acceptors (Lipinski definition) is 3. The molecular formula is C25H23N3O2S. The fourth-order valence-corrected chi connectivity index (χ4v) is 3.89. The maximum absolute atomic E-state index is 11.2. The lowest BCUT2D eigenvalue weighted by atomic mass is 9.89. The fourth-order valence-electron chi connectivity index (χ4n) is 3.42. The monoisotopic (exact) mass is 429 g/mol. The van der Waals surface area contributed by atoms with Crippen LogP contribution in [-0.2, 0) is 16.6 Å². The zero-order chi connectivity index (χ0) is 22.0. The van der Waals surface area contributed by atoms with Gasteiger partial charge in [-0.1, -0.05) is 36.3 Å². The van der Waals surface area contributed by atoms with Gasteiger partial charge >= 0.3 is 0 Å². The van der Waals surface area contributed by atoms with Gasteiger partial charge in [-0.25, -0.2) is 9.19 Å². The van der Waals surface area contributed by atoms with Crippen LogP contribution in [0.4, 0.5) is 5.69 Å². The minimum absolute atomic E-state index is 0.583. The molecular weight excluding hydrogens is 406 g/mol. The molecule has 0 aliphatic carbocycles. The van der Waals surface area contributed by atoms with Gasteiger partial charge in [-0.15, -0.1) is 0 Å². The average molecular weight is 430 g/mol. The molecule has 6 heteroatoms. The Morgan fingerprint density at radius 3 is 2.48 bits per heavy atom. The predicted molar refractivity (Wildman–Crippen MR) is 127 cm³/mol. The van der Waals surface area contributed by atoms with Gasteiger partial charge in [-0.3, -0.25) is 0 Å². The van der Waals surface area contributed by atoms with E-state index in [0.29, 0.717) is 5.82 Å². The van der Waals surface area contributed by atoms with Gasteiger partial charge in [0.1, 0.15) is 11.0 Å². The molecule has 1 unspecified atom stereocenters. The van der Waals surface area contributed by atoms with Crippen molar-refractivity contribution in [1.29, 1.82) is 0 Å². The first kappa shape index (κ1) is 20.9. The number of anilines is 1. The molecule has 3 N–H and O–H groups in total. The smallest absolute Gasteiger partial charge is 0.184 e. The Labute approximate surface area is 184 Å². The molecule has 0 bridgehead atoms. The molecule has 0 amide bonds. The van der Waals surface area contributed by atoms with Gasteiger partial charge < -0.3 is 14.8 Å². The summed E-state index contributed by atoms with van der Waals surface area (Å²) in [6.07, 6.45) is 1.59. The van der Waals surface area contributed by atoms with Crippen LogP contribution in [0.5, 0.6) is 0 Å². The number of aliphatic hydroxyl groups is 1. The number of aromatic nitrogens is 2. The molecule has 4 aromatic rings. The third-order valence-corrected chi connectivity index (χ3v) is 5.37. The van der Waals surface area contributed by atoms with Crippen molar-refractivity contribution in [2.45, 2.75) is 19.4 Å². The Morgan fingerprint density at radius 2 is 1.77 bits per heavy atom. The summed E-state index contributed by atoms with van der Waals surface area (Å²) in [6, 6.07) is 21.3. The quantitative estimate of drug-likeness (QED) is 0.416. The molecule has 0 spiro atoms. The van der Waals surface area contributed by atoms with Crippen molar-refractivity contribution in [3.8, 4) is 23.0 Å². The van der Waals surface area contributed by atoms with Crippen LogP contribution in [0.15, 0.2) is 66.7 Å². The fraction of sp³-hybridized carbons (Fsp3) is 0.160. The van der Waals surface area contributed by atoms with Crippen LogP contribution in [-0.4, -0.2) is 25.5 Å². The highest BCUT2D eigenvalue weighted by atomic mass is 32.2. The number of fused-ring (bicyclic) bond motifs is 1. The number of benzene rings is 3. The molecule has 1 atom stereocenters. The molecule has 156 valence electrons. The molecule has 0 fully saturated rings. The van der Waals surface area contributed by atoms with Crippen molar-refractivity contribution in [3.05, 3.63) is 83.7 Å². The lowest BCUT2D eigenvalue weighted by molar-refractivity contribution is 0.0792. The van der Waals surface area contributed by atoms with Gasteiger partial charge in [0.25, 0.3) is 0 Å². The first-order valence-electron chi connectivity index (χ1n) is 9.84. The van der Waals surface area contributed by atoms with E-state index in [2.05, 4.69) is 26.5 Å². The first-order chi connectivity index (χ1) is 14.8. The van der Waals surface area contributed by atoms with E-state index < -0.39 is 16.6 Å². The summed E-state index contributed by atoms with van der Waals surface area (Å²) in [5.41, 5.74) is 5.27. The lowest BCUT2D eigenvalue weighted by Crippen LogP contribution is -2.16. The van der Waals surface area contributed by atoms with Crippen molar-refractivity contribution in [2.75, 3.05) is 11.0 Å². The van der Waals surface area contributed by atoms with Crippen LogP contribution in [0, 0.1) is 11.8 Å². The number of aromatic amines is 1. The highest BCUT2D eigenvalue weighted by Crippen LogP contribution is 2.32. The van der Waals surface area contributed by atoms with E-state index in [1.807, 2.05) is 66.7 Å². The molecule has 0 aliphatic rings. The Bertz CT molecular complexity index is 1320.